The molecule has 2 aromatic carbocycles. The van der Waals surface area contributed by atoms with Crippen molar-refractivity contribution < 1.29 is 19.1 Å². The van der Waals surface area contributed by atoms with E-state index in [4.69, 9.17) is 9.47 Å². The van der Waals surface area contributed by atoms with Crippen molar-refractivity contribution in [2.24, 2.45) is 0 Å². The van der Waals surface area contributed by atoms with Crippen molar-refractivity contribution in [3.05, 3.63) is 76.0 Å². The zero-order valence-electron chi connectivity index (χ0n) is 20.5. The van der Waals surface area contributed by atoms with Gasteiger partial charge in [-0.1, -0.05) is 37.1 Å². The van der Waals surface area contributed by atoms with E-state index in [-0.39, 0.29) is 24.3 Å². The van der Waals surface area contributed by atoms with Crippen LogP contribution in [0.3, 0.4) is 0 Å². The fraction of sp³-hybridized carbons (Fsp3) is 0.357. The quantitative estimate of drug-likeness (QED) is 0.431. The maximum absolute atomic E-state index is 13.9. The van der Waals surface area contributed by atoms with Crippen LogP contribution in [0, 0.1) is 6.92 Å². The van der Waals surface area contributed by atoms with Crippen LogP contribution in [0.2, 0.25) is 0 Å². The lowest BCUT2D eigenvalue weighted by molar-refractivity contribution is -0.127. The third-order valence-electron chi connectivity index (χ3n) is 6.39. The number of anilines is 1. The lowest BCUT2D eigenvalue weighted by Gasteiger charge is -2.33. The summed E-state index contributed by atoms with van der Waals surface area (Å²) in [5, 5.41) is 5.18. The summed E-state index contributed by atoms with van der Waals surface area (Å²) in [4.78, 5) is 30.3. The Hall–Kier alpha value is -3.32. The van der Waals surface area contributed by atoms with Crippen LogP contribution >= 0.6 is 11.3 Å². The van der Waals surface area contributed by atoms with Gasteiger partial charge < -0.3 is 14.8 Å². The molecule has 1 aliphatic rings. The Kier molecular flexibility index (Phi) is 8.08. The molecule has 1 atom stereocenters. The van der Waals surface area contributed by atoms with E-state index in [2.05, 4.69) is 5.32 Å². The number of carbonyl (C=O) groups excluding carboxylic acids is 2. The molecule has 7 heteroatoms. The van der Waals surface area contributed by atoms with Crippen LogP contribution in [0.4, 0.5) is 5.69 Å². The highest BCUT2D eigenvalue weighted by atomic mass is 32.1. The predicted octanol–water partition coefficient (Wildman–Crippen LogP) is 5.45. The van der Waals surface area contributed by atoms with Gasteiger partial charge in [-0.3, -0.25) is 14.5 Å². The van der Waals surface area contributed by atoms with Crippen LogP contribution in [-0.2, 0) is 16.0 Å². The molecule has 0 spiro atoms. The summed E-state index contributed by atoms with van der Waals surface area (Å²) in [6.07, 6.45) is 4.33. The molecule has 0 bridgehead atoms. The van der Waals surface area contributed by atoms with Crippen LogP contribution in [-0.4, -0.2) is 32.1 Å². The second kappa shape index (κ2) is 11.4. The monoisotopic (exact) mass is 492 g/mol. The van der Waals surface area contributed by atoms with Crippen LogP contribution < -0.4 is 19.7 Å². The summed E-state index contributed by atoms with van der Waals surface area (Å²) in [6, 6.07) is 16.3. The van der Waals surface area contributed by atoms with Gasteiger partial charge >= 0.3 is 0 Å². The Morgan fingerprint density at radius 2 is 1.80 bits per heavy atom. The Balaban J connectivity index is 1.81. The molecular formula is C28H32N2O4S. The molecule has 0 unspecified atom stereocenters. The standard InChI is InChI=1S/C28H32N2O4S/c1-19-8-6-11-22(16-19)30(26(31)18-23-12-7-15-35-23)27(28(32)29-21-9-4-5-10-21)20-13-14-24(33-2)25(17-20)34-3/h6-8,11-17,21,27H,4-5,9-10,18H2,1-3H3,(H,29,32)/t27-/m1/s1. The summed E-state index contributed by atoms with van der Waals surface area (Å²) in [5.41, 5.74) is 2.37. The summed E-state index contributed by atoms with van der Waals surface area (Å²) in [5.74, 6) is 0.751. The normalized spacial score (nSPS) is 14.4. The number of rotatable bonds is 9. The first-order valence-corrected chi connectivity index (χ1v) is 12.8. The van der Waals surface area contributed by atoms with E-state index in [1.54, 1.807) is 31.3 Å². The maximum atomic E-state index is 13.9. The SMILES string of the molecule is COc1ccc([C@H](C(=O)NC2CCCC2)N(C(=O)Cc2cccs2)c2cccc(C)c2)cc1OC. The van der Waals surface area contributed by atoms with Gasteiger partial charge in [0.05, 0.1) is 20.6 Å². The lowest BCUT2D eigenvalue weighted by Crippen LogP contribution is -2.46. The number of hydrogen-bond acceptors (Lipinski definition) is 5. The number of ether oxygens (including phenoxy) is 2. The van der Waals surface area contributed by atoms with Crippen molar-refractivity contribution in [2.75, 3.05) is 19.1 Å². The molecule has 2 amide bonds. The second-order valence-corrected chi connectivity index (χ2v) is 9.90. The minimum absolute atomic E-state index is 0.122. The Bertz CT molecular complexity index is 1160. The van der Waals surface area contributed by atoms with Crippen LogP contribution in [0.25, 0.3) is 0 Å². The fourth-order valence-corrected chi connectivity index (χ4v) is 5.35. The third-order valence-corrected chi connectivity index (χ3v) is 7.26. The molecular weight excluding hydrogens is 460 g/mol. The maximum Gasteiger partial charge on any atom is 0.248 e. The highest BCUT2D eigenvalue weighted by Gasteiger charge is 2.35. The summed E-state index contributed by atoms with van der Waals surface area (Å²) in [7, 11) is 3.14. The third kappa shape index (κ3) is 5.85. The van der Waals surface area contributed by atoms with Crippen molar-refractivity contribution in [3.8, 4) is 11.5 Å². The molecule has 0 saturated heterocycles. The molecule has 1 N–H and O–H groups in total. The molecule has 1 aliphatic carbocycles. The second-order valence-electron chi connectivity index (χ2n) is 8.87. The predicted molar refractivity (Wildman–Crippen MR) is 139 cm³/mol. The summed E-state index contributed by atoms with van der Waals surface area (Å²) >= 11 is 1.54. The first-order chi connectivity index (χ1) is 17.0. The van der Waals surface area contributed by atoms with Gasteiger partial charge in [0, 0.05) is 16.6 Å². The molecule has 0 radical (unpaired) electrons. The van der Waals surface area contributed by atoms with Gasteiger partial charge in [0.2, 0.25) is 11.8 Å². The number of amides is 2. The molecule has 3 aromatic rings. The molecule has 184 valence electrons. The Morgan fingerprint density at radius 3 is 2.46 bits per heavy atom. The van der Waals surface area contributed by atoms with E-state index in [9.17, 15) is 9.59 Å². The number of benzene rings is 2. The molecule has 0 aliphatic heterocycles. The van der Waals surface area contributed by atoms with Crippen molar-refractivity contribution in [1.29, 1.82) is 0 Å². The Morgan fingerprint density at radius 1 is 1.03 bits per heavy atom. The van der Waals surface area contributed by atoms with Crippen LogP contribution in [0.5, 0.6) is 11.5 Å². The van der Waals surface area contributed by atoms with E-state index in [0.717, 1.165) is 36.1 Å². The number of nitrogens with one attached hydrogen (secondary N) is 1. The van der Waals surface area contributed by atoms with E-state index in [1.165, 1.54) is 11.3 Å². The molecule has 4 rings (SSSR count). The van der Waals surface area contributed by atoms with Gasteiger partial charge in [0.25, 0.3) is 0 Å². The minimum atomic E-state index is -0.857. The number of nitrogens with zero attached hydrogens (tertiary/aromatic N) is 1. The number of carbonyl (C=O) groups is 2. The topological polar surface area (TPSA) is 67.9 Å². The van der Waals surface area contributed by atoms with Crippen molar-refractivity contribution in [2.45, 2.75) is 51.1 Å². The highest BCUT2D eigenvalue weighted by Crippen LogP contribution is 2.35. The molecule has 1 aromatic heterocycles. The van der Waals surface area contributed by atoms with Gasteiger partial charge in [0.15, 0.2) is 11.5 Å². The largest absolute Gasteiger partial charge is 0.493 e. The van der Waals surface area contributed by atoms with Crippen molar-refractivity contribution in [1.82, 2.24) is 5.32 Å². The average Bonchev–Trinajstić information content (AvgIpc) is 3.56. The Labute approximate surface area is 210 Å². The number of thiophene rings is 1. The van der Waals surface area contributed by atoms with E-state index >= 15 is 0 Å². The van der Waals surface area contributed by atoms with E-state index in [0.29, 0.717) is 22.7 Å². The number of aryl methyl sites for hydroxylation is 1. The molecule has 1 saturated carbocycles. The molecule has 1 heterocycles. The summed E-state index contributed by atoms with van der Waals surface area (Å²) < 4.78 is 10.9. The molecule has 35 heavy (non-hydrogen) atoms. The molecule has 6 nitrogen and oxygen atoms in total. The minimum Gasteiger partial charge on any atom is -0.493 e. The van der Waals surface area contributed by atoms with Crippen LogP contribution in [0.15, 0.2) is 60.0 Å². The first kappa shape index (κ1) is 24.8. The number of hydrogen-bond donors (Lipinski definition) is 1. The number of methoxy groups -OCH3 is 2. The lowest BCUT2D eigenvalue weighted by atomic mass is 10.0. The van der Waals surface area contributed by atoms with Crippen molar-refractivity contribution >= 4 is 28.8 Å². The zero-order valence-corrected chi connectivity index (χ0v) is 21.3. The molecule has 1 fully saturated rings. The van der Waals surface area contributed by atoms with E-state index < -0.39 is 6.04 Å². The zero-order chi connectivity index (χ0) is 24.8. The smallest absolute Gasteiger partial charge is 0.248 e. The summed E-state index contributed by atoms with van der Waals surface area (Å²) in [6.45, 7) is 1.98. The van der Waals surface area contributed by atoms with E-state index in [1.807, 2.05) is 54.8 Å². The highest BCUT2D eigenvalue weighted by molar-refractivity contribution is 7.10. The fourth-order valence-electron chi connectivity index (χ4n) is 4.65. The van der Waals surface area contributed by atoms with Gasteiger partial charge in [-0.15, -0.1) is 11.3 Å². The van der Waals surface area contributed by atoms with Gasteiger partial charge in [-0.05, 0) is 66.6 Å². The van der Waals surface area contributed by atoms with Crippen LogP contribution in [0.1, 0.15) is 47.7 Å². The average molecular weight is 493 g/mol. The van der Waals surface area contributed by atoms with Gasteiger partial charge in [0.1, 0.15) is 6.04 Å². The van der Waals surface area contributed by atoms with Gasteiger partial charge in [-0.2, -0.15) is 0 Å². The first-order valence-electron chi connectivity index (χ1n) is 11.9. The van der Waals surface area contributed by atoms with Crippen molar-refractivity contribution in [3.63, 3.8) is 0 Å². The van der Waals surface area contributed by atoms with Gasteiger partial charge in [-0.25, -0.2) is 0 Å².